The van der Waals surface area contributed by atoms with Crippen molar-refractivity contribution in [1.82, 2.24) is 5.43 Å². The number of anilines is 1. The normalized spacial score (nSPS) is 10.4. The average molecular weight is 362 g/mol. The molecule has 0 aliphatic rings. The van der Waals surface area contributed by atoms with E-state index in [9.17, 15) is 9.59 Å². The Labute approximate surface area is 149 Å². The molecule has 2 rings (SSSR count). The zero-order valence-corrected chi connectivity index (χ0v) is 14.3. The first kappa shape index (κ1) is 18.3. The summed E-state index contributed by atoms with van der Waals surface area (Å²) in [6, 6.07) is 11.6. The number of methoxy groups -OCH3 is 2. The van der Waals surface area contributed by atoms with Crippen LogP contribution in [0.25, 0.3) is 0 Å². The lowest BCUT2D eigenvalue weighted by atomic mass is 10.2. The standard InChI is InChI=1S/C17H16ClN3O4/c1-24-14-6-7-15(25-2)11(8-14)10-19-21-17(23)16(22)20-13-5-3-4-12(18)9-13/h3-10H,1-2H3,(H,20,22)(H,21,23)/b19-10+. The van der Waals surface area contributed by atoms with Gasteiger partial charge in [0.05, 0.1) is 20.4 Å². The first-order chi connectivity index (χ1) is 12.0. The molecule has 2 aromatic carbocycles. The van der Waals surface area contributed by atoms with E-state index in [4.69, 9.17) is 21.1 Å². The summed E-state index contributed by atoms with van der Waals surface area (Å²) in [6.45, 7) is 0. The fraction of sp³-hybridized carbons (Fsp3) is 0.118. The minimum Gasteiger partial charge on any atom is -0.497 e. The highest BCUT2D eigenvalue weighted by Crippen LogP contribution is 2.22. The number of rotatable bonds is 5. The van der Waals surface area contributed by atoms with Crippen LogP contribution >= 0.6 is 11.6 Å². The van der Waals surface area contributed by atoms with Gasteiger partial charge in [-0.2, -0.15) is 5.10 Å². The predicted molar refractivity (Wildman–Crippen MR) is 95.4 cm³/mol. The van der Waals surface area contributed by atoms with Crippen LogP contribution in [0.2, 0.25) is 5.02 Å². The number of ether oxygens (including phenoxy) is 2. The van der Waals surface area contributed by atoms with Crippen molar-refractivity contribution in [2.75, 3.05) is 19.5 Å². The first-order valence-electron chi connectivity index (χ1n) is 7.15. The van der Waals surface area contributed by atoms with E-state index in [2.05, 4.69) is 15.8 Å². The summed E-state index contributed by atoms with van der Waals surface area (Å²) in [5.41, 5.74) is 3.13. The van der Waals surface area contributed by atoms with Gasteiger partial charge in [-0.15, -0.1) is 0 Å². The molecule has 0 aliphatic carbocycles. The van der Waals surface area contributed by atoms with Gasteiger partial charge in [-0.05, 0) is 36.4 Å². The largest absolute Gasteiger partial charge is 0.497 e. The van der Waals surface area contributed by atoms with Crippen LogP contribution in [0, 0.1) is 0 Å². The number of carbonyl (C=O) groups is 2. The van der Waals surface area contributed by atoms with Gasteiger partial charge in [0.25, 0.3) is 0 Å². The molecule has 0 radical (unpaired) electrons. The number of carbonyl (C=O) groups excluding carboxylic acids is 2. The second-order valence-corrected chi connectivity index (χ2v) is 5.21. The number of nitrogens with one attached hydrogen (secondary N) is 2. The van der Waals surface area contributed by atoms with E-state index >= 15 is 0 Å². The molecule has 0 atom stereocenters. The Balaban J connectivity index is 1.99. The van der Waals surface area contributed by atoms with E-state index in [1.807, 2.05) is 0 Å². The maximum absolute atomic E-state index is 11.8. The van der Waals surface area contributed by atoms with Crippen molar-refractivity contribution >= 4 is 35.3 Å². The van der Waals surface area contributed by atoms with Gasteiger partial charge in [-0.25, -0.2) is 5.43 Å². The molecule has 0 unspecified atom stereocenters. The second kappa shape index (κ2) is 8.70. The van der Waals surface area contributed by atoms with Gasteiger partial charge in [-0.3, -0.25) is 9.59 Å². The van der Waals surface area contributed by atoms with Gasteiger partial charge in [0, 0.05) is 16.3 Å². The van der Waals surface area contributed by atoms with Crippen molar-refractivity contribution < 1.29 is 19.1 Å². The highest BCUT2D eigenvalue weighted by Gasteiger charge is 2.13. The van der Waals surface area contributed by atoms with Crippen LogP contribution in [0.4, 0.5) is 5.69 Å². The third-order valence-corrected chi connectivity index (χ3v) is 3.33. The molecule has 2 N–H and O–H groups in total. The van der Waals surface area contributed by atoms with Crippen molar-refractivity contribution in [3.8, 4) is 11.5 Å². The Hall–Kier alpha value is -3.06. The van der Waals surface area contributed by atoms with Crippen LogP contribution in [-0.4, -0.2) is 32.2 Å². The third kappa shape index (κ3) is 5.22. The highest BCUT2D eigenvalue weighted by atomic mass is 35.5. The van der Waals surface area contributed by atoms with Crippen molar-refractivity contribution in [2.24, 2.45) is 5.10 Å². The molecular formula is C17H16ClN3O4. The molecular weight excluding hydrogens is 346 g/mol. The Morgan fingerprint density at radius 2 is 1.88 bits per heavy atom. The highest BCUT2D eigenvalue weighted by molar-refractivity contribution is 6.39. The molecule has 8 heteroatoms. The fourth-order valence-corrected chi connectivity index (χ4v) is 2.10. The summed E-state index contributed by atoms with van der Waals surface area (Å²) in [7, 11) is 3.04. The number of nitrogens with zero attached hydrogens (tertiary/aromatic N) is 1. The second-order valence-electron chi connectivity index (χ2n) is 4.77. The van der Waals surface area contributed by atoms with Crippen LogP contribution in [0.1, 0.15) is 5.56 Å². The van der Waals surface area contributed by atoms with Crippen LogP contribution in [0.3, 0.4) is 0 Å². The maximum atomic E-state index is 11.8. The zero-order valence-electron chi connectivity index (χ0n) is 13.6. The molecule has 0 heterocycles. The van der Waals surface area contributed by atoms with Gasteiger partial charge < -0.3 is 14.8 Å². The number of benzene rings is 2. The summed E-state index contributed by atoms with van der Waals surface area (Å²) in [5, 5.41) is 6.62. The Kier molecular flexibility index (Phi) is 6.36. The molecule has 0 saturated heterocycles. The minimum atomic E-state index is -0.918. The Morgan fingerprint density at radius 3 is 2.56 bits per heavy atom. The quantitative estimate of drug-likeness (QED) is 0.486. The molecule has 0 aromatic heterocycles. The maximum Gasteiger partial charge on any atom is 0.329 e. The number of hydrogen-bond acceptors (Lipinski definition) is 5. The van der Waals surface area contributed by atoms with Crippen molar-refractivity contribution in [1.29, 1.82) is 0 Å². The third-order valence-electron chi connectivity index (χ3n) is 3.10. The minimum absolute atomic E-state index is 0.408. The smallest absolute Gasteiger partial charge is 0.329 e. The summed E-state index contributed by atoms with van der Waals surface area (Å²) < 4.78 is 10.3. The predicted octanol–water partition coefficient (Wildman–Crippen LogP) is 2.45. The topological polar surface area (TPSA) is 89.0 Å². The van der Waals surface area contributed by atoms with Crippen molar-refractivity contribution in [3.05, 3.63) is 53.1 Å². The number of halogens is 1. The van der Waals surface area contributed by atoms with Crippen LogP contribution in [0.15, 0.2) is 47.6 Å². The molecule has 7 nitrogen and oxygen atoms in total. The van der Waals surface area contributed by atoms with Crippen LogP contribution in [-0.2, 0) is 9.59 Å². The molecule has 0 bridgehead atoms. The summed E-state index contributed by atoms with van der Waals surface area (Å²) in [4.78, 5) is 23.6. The van der Waals surface area contributed by atoms with Gasteiger partial charge in [0.2, 0.25) is 0 Å². The van der Waals surface area contributed by atoms with Gasteiger partial charge in [0.15, 0.2) is 0 Å². The zero-order chi connectivity index (χ0) is 18.2. The lowest BCUT2D eigenvalue weighted by Gasteiger charge is -2.07. The fourth-order valence-electron chi connectivity index (χ4n) is 1.91. The molecule has 0 fully saturated rings. The lowest BCUT2D eigenvalue weighted by Crippen LogP contribution is -2.32. The van der Waals surface area contributed by atoms with Gasteiger partial charge >= 0.3 is 11.8 Å². The van der Waals surface area contributed by atoms with E-state index < -0.39 is 11.8 Å². The molecule has 2 amide bonds. The van der Waals surface area contributed by atoms with Gasteiger partial charge in [0.1, 0.15) is 11.5 Å². The number of hydrazone groups is 1. The van der Waals surface area contributed by atoms with E-state index in [0.29, 0.717) is 27.8 Å². The average Bonchev–Trinajstić information content (AvgIpc) is 2.61. The molecule has 130 valence electrons. The Bertz CT molecular complexity index is 808. The van der Waals surface area contributed by atoms with E-state index in [0.717, 1.165) is 0 Å². The molecule has 0 saturated carbocycles. The molecule has 25 heavy (non-hydrogen) atoms. The van der Waals surface area contributed by atoms with Crippen molar-refractivity contribution in [3.63, 3.8) is 0 Å². The number of hydrogen-bond donors (Lipinski definition) is 2. The monoisotopic (exact) mass is 361 g/mol. The molecule has 2 aromatic rings. The first-order valence-corrected chi connectivity index (χ1v) is 7.53. The summed E-state index contributed by atoms with van der Waals surface area (Å²) in [6.07, 6.45) is 1.35. The molecule has 0 spiro atoms. The van der Waals surface area contributed by atoms with Crippen LogP contribution in [0.5, 0.6) is 11.5 Å². The SMILES string of the molecule is COc1ccc(OC)c(/C=N/NC(=O)C(=O)Nc2cccc(Cl)c2)c1. The summed E-state index contributed by atoms with van der Waals surface area (Å²) >= 11 is 5.82. The molecule has 0 aliphatic heterocycles. The van der Waals surface area contributed by atoms with Crippen molar-refractivity contribution in [2.45, 2.75) is 0 Å². The lowest BCUT2D eigenvalue weighted by molar-refractivity contribution is -0.136. The van der Waals surface area contributed by atoms with E-state index in [1.165, 1.54) is 26.5 Å². The Morgan fingerprint density at radius 1 is 1.08 bits per heavy atom. The van der Waals surface area contributed by atoms with E-state index in [1.54, 1.807) is 36.4 Å². The van der Waals surface area contributed by atoms with Crippen LogP contribution < -0.4 is 20.2 Å². The summed E-state index contributed by atoms with van der Waals surface area (Å²) in [5.74, 6) is -0.635. The number of amides is 2. The van der Waals surface area contributed by atoms with Gasteiger partial charge in [-0.1, -0.05) is 17.7 Å². The van der Waals surface area contributed by atoms with E-state index in [-0.39, 0.29) is 0 Å².